The van der Waals surface area contributed by atoms with Crippen LogP contribution in [0, 0.1) is 13.8 Å². The number of hydrogen-bond donors (Lipinski definition) is 2. The summed E-state index contributed by atoms with van der Waals surface area (Å²) in [5, 5.41) is 13.0. The molecule has 0 aliphatic carbocycles. The van der Waals surface area contributed by atoms with Gasteiger partial charge in [0.1, 0.15) is 5.75 Å². The number of phenols is 1. The number of aryl methyl sites for hydroxylation is 1. The third-order valence-electron chi connectivity index (χ3n) is 3.40. The highest BCUT2D eigenvalue weighted by Crippen LogP contribution is 2.30. The van der Waals surface area contributed by atoms with Crippen molar-refractivity contribution in [1.82, 2.24) is 0 Å². The zero-order valence-corrected chi connectivity index (χ0v) is 11.8. The molecule has 0 radical (unpaired) electrons. The first kappa shape index (κ1) is 15.2. The molecule has 0 fully saturated rings. The van der Waals surface area contributed by atoms with Crippen molar-refractivity contribution in [2.45, 2.75) is 26.6 Å². The highest BCUT2D eigenvalue weighted by Gasteiger charge is 2.29. The van der Waals surface area contributed by atoms with Crippen molar-refractivity contribution >= 4 is 5.69 Å². The lowest BCUT2D eigenvalue weighted by molar-refractivity contribution is -0.137. The number of phenolic OH excluding ortho intramolecular Hbond substituents is 1. The van der Waals surface area contributed by atoms with Crippen molar-refractivity contribution in [1.29, 1.82) is 0 Å². The topological polar surface area (TPSA) is 32.3 Å². The first-order valence-corrected chi connectivity index (χ1v) is 6.48. The summed E-state index contributed by atoms with van der Waals surface area (Å²) in [7, 11) is 0. The average Bonchev–Trinajstić information content (AvgIpc) is 2.43. The second-order valence-corrected chi connectivity index (χ2v) is 4.95. The Balaban J connectivity index is 2.09. The Morgan fingerprint density at radius 2 is 1.62 bits per heavy atom. The molecule has 2 aromatic carbocycles. The summed E-state index contributed by atoms with van der Waals surface area (Å²) in [4.78, 5) is 0. The van der Waals surface area contributed by atoms with Gasteiger partial charge in [-0.25, -0.2) is 0 Å². The van der Waals surface area contributed by atoms with E-state index in [1.807, 2.05) is 13.0 Å². The molecule has 0 unspecified atom stereocenters. The maximum absolute atomic E-state index is 12.5. The fourth-order valence-corrected chi connectivity index (χ4v) is 2.04. The summed E-state index contributed by atoms with van der Waals surface area (Å²) in [6.07, 6.45) is -4.31. The molecule has 2 aromatic rings. The first-order valence-electron chi connectivity index (χ1n) is 6.48. The van der Waals surface area contributed by atoms with Crippen molar-refractivity contribution < 1.29 is 18.3 Å². The van der Waals surface area contributed by atoms with E-state index in [1.165, 1.54) is 12.1 Å². The van der Waals surface area contributed by atoms with Crippen LogP contribution in [0.1, 0.15) is 22.3 Å². The van der Waals surface area contributed by atoms with Crippen LogP contribution in [0.4, 0.5) is 18.9 Å². The monoisotopic (exact) mass is 295 g/mol. The van der Waals surface area contributed by atoms with Crippen LogP contribution in [0.5, 0.6) is 5.75 Å². The van der Waals surface area contributed by atoms with E-state index in [2.05, 4.69) is 5.32 Å². The predicted molar refractivity (Wildman–Crippen MR) is 76.4 cm³/mol. The smallest absolute Gasteiger partial charge is 0.416 e. The van der Waals surface area contributed by atoms with Crippen molar-refractivity contribution in [3.63, 3.8) is 0 Å². The zero-order valence-electron chi connectivity index (χ0n) is 11.8. The number of aromatic hydroxyl groups is 1. The van der Waals surface area contributed by atoms with Gasteiger partial charge in [-0.2, -0.15) is 13.2 Å². The molecule has 0 saturated heterocycles. The van der Waals surface area contributed by atoms with E-state index in [1.54, 1.807) is 13.0 Å². The van der Waals surface area contributed by atoms with E-state index in [9.17, 15) is 18.3 Å². The minimum absolute atomic E-state index is 0.229. The highest BCUT2D eigenvalue weighted by atomic mass is 19.4. The second kappa shape index (κ2) is 5.68. The zero-order chi connectivity index (χ0) is 15.6. The molecule has 0 atom stereocenters. The molecule has 0 aliphatic rings. The van der Waals surface area contributed by atoms with Crippen LogP contribution >= 0.6 is 0 Å². The summed E-state index contributed by atoms with van der Waals surface area (Å²) in [5.41, 5.74) is 2.35. The Morgan fingerprint density at radius 3 is 2.19 bits per heavy atom. The minimum Gasteiger partial charge on any atom is -0.507 e. The molecule has 2 N–H and O–H groups in total. The van der Waals surface area contributed by atoms with Gasteiger partial charge >= 0.3 is 6.18 Å². The van der Waals surface area contributed by atoms with Crippen LogP contribution in [0.3, 0.4) is 0 Å². The largest absolute Gasteiger partial charge is 0.507 e. The molecule has 0 amide bonds. The van der Waals surface area contributed by atoms with Crippen LogP contribution in [0.25, 0.3) is 0 Å². The maximum Gasteiger partial charge on any atom is 0.416 e. The number of rotatable bonds is 3. The van der Waals surface area contributed by atoms with Gasteiger partial charge < -0.3 is 10.4 Å². The molecule has 2 rings (SSSR count). The van der Waals surface area contributed by atoms with Crippen molar-refractivity contribution in [3.05, 3.63) is 58.7 Å². The molecule has 0 aromatic heterocycles. The summed E-state index contributed by atoms with van der Waals surface area (Å²) in [6, 6.07) is 8.65. The Bertz CT molecular complexity index is 633. The molecule has 0 aliphatic heterocycles. The SMILES string of the molecule is Cc1ccc(NCc2ccc(C(F)(F)F)cc2)c(C)c1O. The molecular weight excluding hydrogens is 279 g/mol. The van der Waals surface area contributed by atoms with Crippen molar-refractivity contribution in [2.24, 2.45) is 0 Å². The average molecular weight is 295 g/mol. The molecule has 0 bridgehead atoms. The third-order valence-corrected chi connectivity index (χ3v) is 3.40. The molecule has 5 heteroatoms. The molecule has 112 valence electrons. The Morgan fingerprint density at radius 1 is 1.00 bits per heavy atom. The van der Waals surface area contributed by atoms with Gasteiger partial charge in [-0.3, -0.25) is 0 Å². The molecule has 0 heterocycles. The fraction of sp³-hybridized carbons (Fsp3) is 0.250. The van der Waals surface area contributed by atoms with Crippen molar-refractivity contribution in [3.8, 4) is 5.75 Å². The Kier molecular flexibility index (Phi) is 4.11. The minimum atomic E-state index is -4.31. The fourth-order valence-electron chi connectivity index (χ4n) is 2.04. The van der Waals surface area contributed by atoms with Gasteiger partial charge in [0.2, 0.25) is 0 Å². The first-order chi connectivity index (χ1) is 9.79. The van der Waals surface area contributed by atoms with Crippen LogP contribution in [-0.2, 0) is 12.7 Å². The van der Waals surface area contributed by atoms with Crippen LogP contribution in [-0.4, -0.2) is 5.11 Å². The summed E-state index contributed by atoms with van der Waals surface area (Å²) in [5.74, 6) is 0.229. The van der Waals surface area contributed by atoms with Crippen LogP contribution in [0.15, 0.2) is 36.4 Å². The lowest BCUT2D eigenvalue weighted by atomic mass is 10.1. The van der Waals surface area contributed by atoms with Crippen molar-refractivity contribution in [2.75, 3.05) is 5.32 Å². The predicted octanol–water partition coefficient (Wildman–Crippen LogP) is 4.64. The standard InChI is InChI=1S/C16H16F3NO/c1-10-3-8-14(11(2)15(10)21)20-9-12-4-6-13(7-5-12)16(17,18)19/h3-8,20-21H,9H2,1-2H3. The van der Waals surface area contributed by atoms with Gasteiger partial charge in [0.15, 0.2) is 0 Å². The quantitative estimate of drug-likeness (QED) is 0.864. The molecule has 0 spiro atoms. The van der Waals surface area contributed by atoms with E-state index in [-0.39, 0.29) is 5.75 Å². The van der Waals surface area contributed by atoms with Gasteiger partial charge in [-0.15, -0.1) is 0 Å². The van der Waals surface area contributed by atoms with Gasteiger partial charge in [-0.05, 0) is 43.2 Å². The number of anilines is 1. The molecular formula is C16H16F3NO. The van der Waals surface area contributed by atoms with Crippen LogP contribution < -0.4 is 5.32 Å². The third kappa shape index (κ3) is 3.48. The van der Waals surface area contributed by atoms with Gasteiger partial charge in [0.25, 0.3) is 0 Å². The van der Waals surface area contributed by atoms with E-state index in [0.29, 0.717) is 6.54 Å². The highest BCUT2D eigenvalue weighted by molar-refractivity contribution is 5.59. The normalized spacial score (nSPS) is 11.5. The molecule has 0 saturated carbocycles. The molecule has 21 heavy (non-hydrogen) atoms. The number of nitrogens with one attached hydrogen (secondary N) is 1. The summed E-state index contributed by atoms with van der Waals surface area (Å²) < 4.78 is 37.4. The van der Waals surface area contributed by atoms with E-state index < -0.39 is 11.7 Å². The Hall–Kier alpha value is -2.17. The number of alkyl halides is 3. The number of halogens is 3. The maximum atomic E-state index is 12.5. The van der Waals surface area contributed by atoms with E-state index in [4.69, 9.17) is 0 Å². The summed E-state index contributed by atoms with van der Waals surface area (Å²) >= 11 is 0. The number of hydrogen-bond acceptors (Lipinski definition) is 2. The lowest BCUT2D eigenvalue weighted by Crippen LogP contribution is -2.06. The van der Waals surface area contributed by atoms with Crippen LogP contribution in [0.2, 0.25) is 0 Å². The lowest BCUT2D eigenvalue weighted by Gasteiger charge is -2.13. The van der Waals surface area contributed by atoms with E-state index >= 15 is 0 Å². The summed E-state index contributed by atoms with van der Waals surface area (Å²) in [6.45, 7) is 3.99. The Labute approximate surface area is 121 Å². The van der Waals surface area contributed by atoms with Gasteiger partial charge in [0.05, 0.1) is 5.56 Å². The van der Waals surface area contributed by atoms with Gasteiger partial charge in [0, 0.05) is 17.8 Å². The van der Waals surface area contributed by atoms with Gasteiger partial charge in [-0.1, -0.05) is 18.2 Å². The van der Waals surface area contributed by atoms with E-state index in [0.717, 1.165) is 34.5 Å². The number of benzene rings is 2. The molecule has 2 nitrogen and oxygen atoms in total. The second-order valence-electron chi connectivity index (χ2n) is 4.95.